The Hall–Kier alpha value is -7.22. The van der Waals surface area contributed by atoms with Crippen LogP contribution in [0.2, 0.25) is 0 Å². The molecule has 0 atom stereocenters. The van der Waals surface area contributed by atoms with Crippen molar-refractivity contribution in [2.24, 2.45) is 0 Å². The first-order valence-corrected chi connectivity index (χ1v) is 19.7. The molecule has 1 heteroatoms. The van der Waals surface area contributed by atoms with E-state index in [2.05, 4.69) is 211 Å². The molecular formula is C56H39N. The first-order chi connectivity index (χ1) is 29.1. The molecule has 2 aliphatic rings. The van der Waals surface area contributed by atoms with Crippen molar-refractivity contribution in [1.29, 1.82) is 0 Å². The topological polar surface area (TPSA) is 3.24 Å². The lowest BCUT2D eigenvalue weighted by atomic mass is 9.67. The van der Waals surface area contributed by atoms with Gasteiger partial charge in [0.1, 0.15) is 0 Å². The van der Waals surface area contributed by atoms with Crippen LogP contribution >= 0.6 is 0 Å². The van der Waals surface area contributed by atoms with Gasteiger partial charge in [0.05, 0.1) is 13.6 Å². The molecule has 0 spiro atoms. The average Bonchev–Trinajstić information content (AvgIpc) is 3.77. The maximum Gasteiger partial charge on any atom is 0.0714 e. The lowest BCUT2D eigenvalue weighted by molar-refractivity contribution is 0.767. The molecule has 0 N–H and O–H groups in total. The maximum atomic E-state index is 9.38. The van der Waals surface area contributed by atoms with Gasteiger partial charge in [0.2, 0.25) is 0 Å². The fraction of sp³-hybridized carbons (Fsp3) is 0.0357. The fourth-order valence-corrected chi connectivity index (χ4v) is 10.0. The standard InChI is InChI=1S/C56H39N/c1-6-20-40(21-7-1)55(41-22-8-2-9-23-41)51-32-18-16-30-47(51)49-36-34-45(38-53(49)55)57(44-28-14-5-15-29-44)46-35-37-50-48-31-17-19-33-52(48)56(54(50)39-46,42-24-10-3-11-25-42)43-26-12-4-13-27-43/h1-39H/i14D,29D. The van der Waals surface area contributed by atoms with E-state index in [0.29, 0.717) is 17.8 Å². The van der Waals surface area contributed by atoms with Crippen LogP contribution in [0.25, 0.3) is 22.3 Å². The van der Waals surface area contributed by atoms with Crippen LogP contribution in [0.1, 0.15) is 47.2 Å². The molecule has 0 unspecified atom stereocenters. The Labute approximate surface area is 337 Å². The number of hydrogen-bond acceptors (Lipinski definition) is 1. The van der Waals surface area contributed by atoms with Crippen molar-refractivity contribution in [3.05, 3.63) is 281 Å². The number of rotatable bonds is 7. The summed E-state index contributed by atoms with van der Waals surface area (Å²) >= 11 is 0. The van der Waals surface area contributed by atoms with Crippen molar-refractivity contribution < 1.29 is 2.74 Å². The summed E-state index contributed by atoms with van der Waals surface area (Å²) in [5.41, 5.74) is 15.8. The number of hydrogen-bond donors (Lipinski definition) is 0. The molecule has 11 rings (SSSR count). The highest BCUT2D eigenvalue weighted by Crippen LogP contribution is 2.59. The molecule has 0 bridgehead atoms. The van der Waals surface area contributed by atoms with Gasteiger partial charge in [0.15, 0.2) is 0 Å². The van der Waals surface area contributed by atoms with Crippen LogP contribution in [0.5, 0.6) is 0 Å². The van der Waals surface area contributed by atoms with Crippen LogP contribution in [0, 0.1) is 0 Å². The predicted octanol–water partition coefficient (Wildman–Crippen LogP) is 13.9. The smallest absolute Gasteiger partial charge is 0.0714 e. The number of para-hydroxylation sites is 1. The number of benzene rings is 9. The molecule has 57 heavy (non-hydrogen) atoms. The highest BCUT2D eigenvalue weighted by atomic mass is 15.1. The normalized spacial score (nSPS) is 14.4. The van der Waals surface area contributed by atoms with Gasteiger partial charge in [-0.2, -0.15) is 0 Å². The molecule has 0 saturated heterocycles. The van der Waals surface area contributed by atoms with Crippen LogP contribution in [-0.2, 0) is 10.8 Å². The van der Waals surface area contributed by atoms with Gasteiger partial charge in [0.25, 0.3) is 0 Å². The van der Waals surface area contributed by atoms with E-state index in [-0.39, 0.29) is 0 Å². The van der Waals surface area contributed by atoms with Gasteiger partial charge in [-0.15, -0.1) is 0 Å². The Morgan fingerprint density at radius 1 is 0.298 bits per heavy atom. The van der Waals surface area contributed by atoms with Gasteiger partial charge in [-0.05, 0) is 103 Å². The molecule has 9 aromatic rings. The molecule has 2 aliphatic carbocycles. The van der Waals surface area contributed by atoms with E-state index in [9.17, 15) is 1.37 Å². The summed E-state index contributed by atoms with van der Waals surface area (Å²) in [6.45, 7) is 0. The molecule has 0 amide bonds. The zero-order valence-electron chi connectivity index (χ0n) is 33.3. The molecular weight excluding hydrogens is 687 g/mol. The van der Waals surface area contributed by atoms with Gasteiger partial charge in [0, 0.05) is 17.1 Å². The number of fused-ring (bicyclic) bond motifs is 6. The lowest BCUT2D eigenvalue weighted by Crippen LogP contribution is -2.29. The summed E-state index contributed by atoms with van der Waals surface area (Å²) in [6, 6.07) is 80.6. The second-order valence-corrected chi connectivity index (χ2v) is 15.0. The van der Waals surface area contributed by atoms with Crippen molar-refractivity contribution in [2.45, 2.75) is 10.8 Å². The van der Waals surface area contributed by atoms with E-state index in [1.807, 2.05) is 6.07 Å². The van der Waals surface area contributed by atoms with E-state index in [1.54, 1.807) is 12.1 Å². The Kier molecular flexibility index (Phi) is 7.20. The van der Waals surface area contributed by atoms with Crippen molar-refractivity contribution in [2.75, 3.05) is 4.90 Å². The quantitative estimate of drug-likeness (QED) is 0.158. The molecule has 0 radical (unpaired) electrons. The minimum Gasteiger partial charge on any atom is -0.310 e. The minimum absolute atomic E-state index is 0.350. The summed E-state index contributed by atoms with van der Waals surface area (Å²) in [5.74, 6) is 0. The van der Waals surface area contributed by atoms with E-state index in [1.165, 1.54) is 66.8 Å². The molecule has 0 fully saturated rings. The van der Waals surface area contributed by atoms with Crippen molar-refractivity contribution >= 4 is 17.1 Å². The SMILES string of the molecule is [2H]c1ccc([2H])c(N(c2ccc3c(c2)C(c2ccccc2)(c2ccccc2)c2ccccc2-3)c2ccc3c(c2)C(c2ccccc2)(c2ccccc2)c2ccccc2-3)c1. The summed E-state index contributed by atoms with van der Waals surface area (Å²) in [4.78, 5) is 2.20. The van der Waals surface area contributed by atoms with Crippen LogP contribution in [0.4, 0.5) is 17.1 Å². The Morgan fingerprint density at radius 3 is 1.09 bits per heavy atom. The predicted molar refractivity (Wildman–Crippen MR) is 236 cm³/mol. The molecule has 9 aromatic carbocycles. The van der Waals surface area contributed by atoms with Crippen molar-refractivity contribution in [3.8, 4) is 22.3 Å². The van der Waals surface area contributed by atoms with Gasteiger partial charge in [-0.1, -0.05) is 200 Å². The highest BCUT2D eigenvalue weighted by molar-refractivity contribution is 5.92. The molecule has 0 aromatic heterocycles. The van der Waals surface area contributed by atoms with Gasteiger partial charge in [-0.3, -0.25) is 0 Å². The monoisotopic (exact) mass is 727 g/mol. The van der Waals surface area contributed by atoms with Crippen molar-refractivity contribution in [3.63, 3.8) is 0 Å². The summed E-state index contributed by atoms with van der Waals surface area (Å²) in [5, 5.41) is 0. The van der Waals surface area contributed by atoms with Gasteiger partial charge in [-0.25, -0.2) is 0 Å². The second-order valence-electron chi connectivity index (χ2n) is 15.0. The third-order valence-corrected chi connectivity index (χ3v) is 12.3. The fourth-order valence-electron chi connectivity index (χ4n) is 10.0. The van der Waals surface area contributed by atoms with Crippen LogP contribution in [0.3, 0.4) is 0 Å². The Balaban J connectivity index is 1.21. The zero-order valence-corrected chi connectivity index (χ0v) is 31.3. The van der Waals surface area contributed by atoms with Crippen molar-refractivity contribution in [1.82, 2.24) is 0 Å². The molecule has 268 valence electrons. The summed E-state index contributed by atoms with van der Waals surface area (Å²) < 4.78 is 18.2. The number of anilines is 3. The summed E-state index contributed by atoms with van der Waals surface area (Å²) in [6.07, 6.45) is 0. The molecule has 0 aliphatic heterocycles. The second kappa shape index (κ2) is 13.2. The maximum absolute atomic E-state index is 9.38. The van der Waals surface area contributed by atoms with E-state index in [4.69, 9.17) is 1.37 Å². The lowest BCUT2D eigenvalue weighted by Gasteiger charge is -2.36. The Morgan fingerprint density at radius 2 is 0.667 bits per heavy atom. The Bertz CT molecular complexity index is 2750. The zero-order chi connectivity index (χ0) is 39.6. The van der Waals surface area contributed by atoms with Crippen LogP contribution in [-0.4, -0.2) is 0 Å². The first kappa shape index (κ1) is 31.0. The molecule has 1 nitrogen and oxygen atoms in total. The van der Waals surface area contributed by atoms with Gasteiger partial charge >= 0.3 is 0 Å². The molecule has 0 saturated carbocycles. The average molecular weight is 728 g/mol. The molecule has 0 heterocycles. The van der Waals surface area contributed by atoms with E-state index < -0.39 is 10.8 Å². The third-order valence-electron chi connectivity index (χ3n) is 12.3. The third kappa shape index (κ3) is 4.82. The highest BCUT2D eigenvalue weighted by Gasteiger charge is 2.48. The largest absolute Gasteiger partial charge is 0.310 e. The van der Waals surface area contributed by atoms with Crippen LogP contribution in [0.15, 0.2) is 237 Å². The van der Waals surface area contributed by atoms with Crippen LogP contribution < -0.4 is 4.90 Å². The van der Waals surface area contributed by atoms with E-state index in [0.717, 1.165) is 11.4 Å². The van der Waals surface area contributed by atoms with Gasteiger partial charge < -0.3 is 4.90 Å². The number of nitrogens with zero attached hydrogens (tertiary/aromatic N) is 1. The summed E-state index contributed by atoms with van der Waals surface area (Å²) in [7, 11) is 0. The minimum atomic E-state index is -0.591. The van der Waals surface area contributed by atoms with E-state index >= 15 is 0 Å². The first-order valence-electron chi connectivity index (χ1n) is 20.7.